The molecule has 1 fully saturated rings. The van der Waals surface area contributed by atoms with Crippen molar-refractivity contribution in [1.82, 2.24) is 14.9 Å². The Hall–Kier alpha value is -0.170. The molecule has 0 spiro atoms. The standard InChI is InChI=1S/C12H27N3O2S/c1-11(9-13-3)18(16,17)14-10-12(2)5-7-15(4)8-6-12/h11,13-14H,5-10H2,1-4H3. The molecule has 0 bridgehead atoms. The lowest BCUT2D eigenvalue weighted by atomic mass is 9.81. The minimum Gasteiger partial charge on any atom is -0.318 e. The summed E-state index contributed by atoms with van der Waals surface area (Å²) < 4.78 is 26.8. The fraction of sp³-hybridized carbons (Fsp3) is 1.00. The third kappa shape index (κ3) is 4.50. The van der Waals surface area contributed by atoms with Crippen LogP contribution in [0.25, 0.3) is 0 Å². The van der Waals surface area contributed by atoms with Gasteiger partial charge in [-0.1, -0.05) is 6.92 Å². The molecule has 2 N–H and O–H groups in total. The van der Waals surface area contributed by atoms with Crippen molar-refractivity contribution < 1.29 is 8.42 Å². The zero-order chi connectivity index (χ0) is 13.8. The Balaban J connectivity index is 2.49. The summed E-state index contributed by atoms with van der Waals surface area (Å²) in [5, 5.41) is 2.51. The van der Waals surface area contributed by atoms with Crippen molar-refractivity contribution >= 4 is 10.0 Å². The lowest BCUT2D eigenvalue weighted by Gasteiger charge is -2.38. The van der Waals surface area contributed by atoms with Crippen molar-refractivity contribution in [2.45, 2.75) is 31.9 Å². The van der Waals surface area contributed by atoms with Crippen LogP contribution in [0.15, 0.2) is 0 Å². The average Bonchev–Trinajstić information content (AvgIpc) is 2.32. The van der Waals surface area contributed by atoms with Crippen molar-refractivity contribution in [3.05, 3.63) is 0 Å². The lowest BCUT2D eigenvalue weighted by molar-refractivity contribution is 0.143. The number of rotatable bonds is 6. The first kappa shape index (κ1) is 15.9. The van der Waals surface area contributed by atoms with E-state index < -0.39 is 15.3 Å². The van der Waals surface area contributed by atoms with Crippen LogP contribution in [0.1, 0.15) is 26.7 Å². The van der Waals surface area contributed by atoms with Crippen molar-refractivity contribution in [3.8, 4) is 0 Å². The molecular weight excluding hydrogens is 250 g/mol. The Morgan fingerprint density at radius 1 is 1.33 bits per heavy atom. The van der Waals surface area contributed by atoms with Gasteiger partial charge in [-0.15, -0.1) is 0 Å². The SMILES string of the molecule is CNCC(C)S(=O)(=O)NCC1(C)CCN(C)CC1. The molecule has 1 unspecified atom stereocenters. The number of nitrogens with zero attached hydrogens (tertiary/aromatic N) is 1. The maximum absolute atomic E-state index is 12.0. The Labute approximate surface area is 111 Å². The second kappa shape index (κ2) is 6.32. The molecule has 0 radical (unpaired) electrons. The first-order valence-corrected chi connectivity index (χ1v) is 8.15. The molecule has 18 heavy (non-hydrogen) atoms. The lowest BCUT2D eigenvalue weighted by Crippen LogP contribution is -2.46. The van der Waals surface area contributed by atoms with Crippen LogP contribution in [-0.2, 0) is 10.0 Å². The fourth-order valence-electron chi connectivity index (χ4n) is 2.15. The van der Waals surface area contributed by atoms with E-state index in [4.69, 9.17) is 0 Å². The third-order valence-electron chi connectivity index (χ3n) is 3.92. The van der Waals surface area contributed by atoms with E-state index in [2.05, 4.69) is 28.9 Å². The van der Waals surface area contributed by atoms with Gasteiger partial charge in [0.25, 0.3) is 0 Å². The van der Waals surface area contributed by atoms with Crippen LogP contribution in [0.5, 0.6) is 0 Å². The molecule has 5 nitrogen and oxygen atoms in total. The molecule has 1 rings (SSSR count). The summed E-state index contributed by atoms with van der Waals surface area (Å²) in [4.78, 5) is 2.29. The largest absolute Gasteiger partial charge is 0.318 e. The summed E-state index contributed by atoms with van der Waals surface area (Å²) in [7, 11) is 0.678. The maximum Gasteiger partial charge on any atom is 0.215 e. The summed E-state index contributed by atoms with van der Waals surface area (Å²) in [6.45, 7) is 7.03. The van der Waals surface area contributed by atoms with Gasteiger partial charge in [-0.3, -0.25) is 0 Å². The summed E-state index contributed by atoms with van der Waals surface area (Å²) in [6.07, 6.45) is 2.10. The van der Waals surface area contributed by atoms with Crippen LogP contribution in [0.4, 0.5) is 0 Å². The van der Waals surface area contributed by atoms with Crippen molar-refractivity contribution in [2.24, 2.45) is 5.41 Å². The Bertz CT molecular complexity index is 348. The minimum absolute atomic E-state index is 0.0962. The smallest absolute Gasteiger partial charge is 0.215 e. The maximum atomic E-state index is 12.0. The van der Waals surface area contributed by atoms with Crippen LogP contribution in [-0.4, -0.2) is 58.8 Å². The van der Waals surface area contributed by atoms with Gasteiger partial charge in [-0.2, -0.15) is 0 Å². The highest BCUT2D eigenvalue weighted by Crippen LogP contribution is 2.29. The normalized spacial score (nSPS) is 22.9. The molecule has 1 aliphatic heterocycles. The number of hydrogen-bond donors (Lipinski definition) is 2. The van der Waals surface area contributed by atoms with Gasteiger partial charge in [0.2, 0.25) is 10.0 Å². The van der Waals surface area contributed by atoms with E-state index in [0.717, 1.165) is 25.9 Å². The van der Waals surface area contributed by atoms with E-state index in [-0.39, 0.29) is 5.41 Å². The van der Waals surface area contributed by atoms with E-state index >= 15 is 0 Å². The van der Waals surface area contributed by atoms with E-state index in [1.54, 1.807) is 14.0 Å². The predicted molar refractivity (Wildman–Crippen MR) is 75.1 cm³/mol. The molecule has 0 saturated carbocycles. The number of nitrogens with one attached hydrogen (secondary N) is 2. The number of hydrogen-bond acceptors (Lipinski definition) is 4. The Morgan fingerprint density at radius 2 is 1.89 bits per heavy atom. The molecule has 1 heterocycles. The Morgan fingerprint density at radius 3 is 2.39 bits per heavy atom. The second-order valence-corrected chi connectivity index (χ2v) is 8.03. The van der Waals surface area contributed by atoms with Crippen LogP contribution in [0.2, 0.25) is 0 Å². The average molecular weight is 277 g/mol. The number of sulfonamides is 1. The molecule has 0 aromatic carbocycles. The highest BCUT2D eigenvalue weighted by Gasteiger charge is 2.31. The molecule has 1 saturated heterocycles. The molecule has 1 atom stereocenters. The van der Waals surface area contributed by atoms with Crippen molar-refractivity contribution in [3.63, 3.8) is 0 Å². The first-order valence-electron chi connectivity index (χ1n) is 6.61. The highest BCUT2D eigenvalue weighted by atomic mass is 32.2. The number of piperidine rings is 1. The highest BCUT2D eigenvalue weighted by molar-refractivity contribution is 7.90. The second-order valence-electron chi connectivity index (χ2n) is 5.85. The first-order chi connectivity index (χ1) is 8.29. The molecular formula is C12H27N3O2S. The van der Waals surface area contributed by atoms with Crippen LogP contribution in [0.3, 0.4) is 0 Å². The van der Waals surface area contributed by atoms with Crippen LogP contribution >= 0.6 is 0 Å². The molecule has 1 aliphatic rings. The predicted octanol–water partition coefficient (Wildman–Crippen LogP) is 0.246. The van der Waals surface area contributed by atoms with E-state index in [9.17, 15) is 8.42 Å². The van der Waals surface area contributed by atoms with Gasteiger partial charge < -0.3 is 10.2 Å². The van der Waals surface area contributed by atoms with Gasteiger partial charge in [-0.25, -0.2) is 13.1 Å². The van der Waals surface area contributed by atoms with E-state index in [1.165, 1.54) is 0 Å². The topological polar surface area (TPSA) is 61.4 Å². The molecule has 108 valence electrons. The van der Waals surface area contributed by atoms with Crippen molar-refractivity contribution in [1.29, 1.82) is 0 Å². The quantitative estimate of drug-likeness (QED) is 0.730. The van der Waals surface area contributed by atoms with Gasteiger partial charge in [0, 0.05) is 13.1 Å². The monoisotopic (exact) mass is 277 g/mol. The molecule has 0 aromatic heterocycles. The summed E-state index contributed by atoms with van der Waals surface area (Å²) >= 11 is 0. The molecule has 0 amide bonds. The zero-order valence-corrected chi connectivity index (χ0v) is 12.8. The molecule has 6 heteroatoms. The van der Waals surface area contributed by atoms with Gasteiger partial charge in [0.15, 0.2) is 0 Å². The zero-order valence-electron chi connectivity index (χ0n) is 12.0. The fourth-order valence-corrected chi connectivity index (χ4v) is 3.37. The van der Waals surface area contributed by atoms with Gasteiger partial charge in [-0.05, 0) is 52.4 Å². The minimum atomic E-state index is -3.20. The van der Waals surface area contributed by atoms with E-state index in [0.29, 0.717) is 13.1 Å². The van der Waals surface area contributed by atoms with Crippen molar-refractivity contribution in [2.75, 3.05) is 40.3 Å². The van der Waals surface area contributed by atoms with Crippen LogP contribution in [0, 0.1) is 5.41 Å². The van der Waals surface area contributed by atoms with Crippen LogP contribution < -0.4 is 10.0 Å². The summed E-state index contributed by atoms with van der Waals surface area (Å²) in [5.74, 6) is 0. The molecule has 0 aliphatic carbocycles. The van der Waals surface area contributed by atoms with E-state index in [1.807, 2.05) is 0 Å². The summed E-state index contributed by atoms with van der Waals surface area (Å²) in [5.41, 5.74) is 0.0962. The van der Waals surface area contributed by atoms with Gasteiger partial charge in [0.1, 0.15) is 0 Å². The van der Waals surface area contributed by atoms with Gasteiger partial charge in [0.05, 0.1) is 5.25 Å². The third-order valence-corrected chi connectivity index (χ3v) is 5.69. The van der Waals surface area contributed by atoms with Gasteiger partial charge >= 0.3 is 0 Å². The molecule has 0 aromatic rings. The summed E-state index contributed by atoms with van der Waals surface area (Å²) in [6, 6.07) is 0. The Kier molecular flexibility index (Phi) is 5.58. The number of likely N-dealkylation sites (tertiary alicyclic amines) is 1.